The molecule has 0 aromatic carbocycles. The molecule has 0 heterocycles. The summed E-state index contributed by atoms with van der Waals surface area (Å²) >= 11 is 0. The third kappa shape index (κ3) is 102. The van der Waals surface area contributed by atoms with E-state index in [1.54, 1.807) is 0 Å². The fourth-order valence-electron chi connectivity index (χ4n) is 0.653. The van der Waals surface area contributed by atoms with Crippen molar-refractivity contribution < 1.29 is 9.90 Å². The minimum atomic E-state index is -0.250. The molecular weight excluding hydrogens is 212 g/mol. The Labute approximate surface area is 109 Å². The SMILES string of the molecule is C/C=C\C(C)=C/CC.CC.CC.CC.O=CO. The minimum Gasteiger partial charge on any atom is -0.483 e. The van der Waals surface area contributed by atoms with Crippen LogP contribution in [0, 0.1) is 0 Å². The van der Waals surface area contributed by atoms with Crippen molar-refractivity contribution in [1.29, 1.82) is 0 Å². The largest absolute Gasteiger partial charge is 0.483 e. The number of carbonyl (C=O) groups is 1. The highest BCUT2D eigenvalue weighted by Gasteiger charge is 1.74. The van der Waals surface area contributed by atoms with Crippen molar-refractivity contribution in [3.05, 3.63) is 23.8 Å². The predicted molar refractivity (Wildman–Crippen MR) is 81.6 cm³/mol. The van der Waals surface area contributed by atoms with Crippen LogP contribution in [0.2, 0.25) is 0 Å². The fourth-order valence-corrected chi connectivity index (χ4v) is 0.653. The van der Waals surface area contributed by atoms with Gasteiger partial charge in [-0.1, -0.05) is 72.3 Å². The van der Waals surface area contributed by atoms with Gasteiger partial charge >= 0.3 is 0 Å². The fraction of sp³-hybridized carbons (Fsp3) is 0.667. The molecule has 0 atom stereocenters. The summed E-state index contributed by atoms with van der Waals surface area (Å²) in [7, 11) is 0. The number of hydrogen-bond donors (Lipinski definition) is 1. The summed E-state index contributed by atoms with van der Waals surface area (Å²) in [6, 6.07) is 0. The topological polar surface area (TPSA) is 37.3 Å². The first-order valence-corrected chi connectivity index (χ1v) is 6.60. The van der Waals surface area contributed by atoms with Crippen LogP contribution in [0.25, 0.3) is 0 Å². The molecule has 0 aromatic heterocycles. The first-order valence-electron chi connectivity index (χ1n) is 6.60. The summed E-state index contributed by atoms with van der Waals surface area (Å²) in [5.74, 6) is 0. The highest BCUT2D eigenvalue weighted by molar-refractivity contribution is 5.32. The van der Waals surface area contributed by atoms with E-state index in [9.17, 15) is 0 Å². The van der Waals surface area contributed by atoms with Gasteiger partial charge in [0.2, 0.25) is 0 Å². The van der Waals surface area contributed by atoms with Crippen LogP contribution in [-0.4, -0.2) is 11.6 Å². The Morgan fingerprint density at radius 1 is 1.06 bits per heavy atom. The Morgan fingerprint density at radius 3 is 1.53 bits per heavy atom. The van der Waals surface area contributed by atoms with E-state index in [1.807, 2.05) is 48.5 Å². The molecule has 0 saturated carbocycles. The van der Waals surface area contributed by atoms with Crippen LogP contribution in [-0.2, 0) is 4.79 Å². The lowest BCUT2D eigenvalue weighted by Gasteiger charge is -1.85. The zero-order chi connectivity index (χ0) is 15.1. The first kappa shape index (κ1) is 29.7. The number of rotatable bonds is 2. The molecule has 0 bridgehead atoms. The lowest BCUT2D eigenvalue weighted by atomic mass is 10.2. The zero-order valence-electron chi connectivity index (χ0n) is 13.4. The third-order valence-electron chi connectivity index (χ3n) is 0.956. The van der Waals surface area contributed by atoms with Gasteiger partial charge in [-0.3, -0.25) is 4.79 Å². The van der Waals surface area contributed by atoms with Crippen molar-refractivity contribution >= 4 is 6.47 Å². The molecule has 0 fully saturated rings. The first-order chi connectivity index (χ1) is 8.22. The monoisotopic (exact) mass is 246 g/mol. The molecule has 0 radical (unpaired) electrons. The molecule has 0 rings (SSSR count). The van der Waals surface area contributed by atoms with E-state index >= 15 is 0 Å². The lowest BCUT2D eigenvalue weighted by molar-refractivity contribution is -0.122. The Kier molecular flexibility index (Phi) is 105. The van der Waals surface area contributed by atoms with Crippen LogP contribution in [0.15, 0.2) is 23.8 Å². The lowest BCUT2D eigenvalue weighted by Crippen LogP contribution is -1.64. The van der Waals surface area contributed by atoms with Crippen LogP contribution >= 0.6 is 0 Å². The molecule has 0 aliphatic carbocycles. The molecule has 0 aromatic rings. The summed E-state index contributed by atoms with van der Waals surface area (Å²) in [6.07, 6.45) is 7.52. The van der Waals surface area contributed by atoms with Crippen LogP contribution < -0.4 is 0 Å². The highest BCUT2D eigenvalue weighted by Crippen LogP contribution is 1.95. The van der Waals surface area contributed by atoms with Crippen molar-refractivity contribution in [2.75, 3.05) is 0 Å². The van der Waals surface area contributed by atoms with Gasteiger partial charge in [0, 0.05) is 0 Å². The van der Waals surface area contributed by atoms with E-state index in [-0.39, 0.29) is 6.47 Å². The molecule has 2 heteroatoms. The zero-order valence-corrected chi connectivity index (χ0v) is 13.4. The van der Waals surface area contributed by atoms with E-state index in [0.717, 1.165) is 6.42 Å². The van der Waals surface area contributed by atoms with Crippen LogP contribution in [0.3, 0.4) is 0 Å². The van der Waals surface area contributed by atoms with Crippen molar-refractivity contribution in [1.82, 2.24) is 0 Å². The summed E-state index contributed by atoms with van der Waals surface area (Å²) in [6.45, 7) is 18.0. The van der Waals surface area contributed by atoms with E-state index in [1.165, 1.54) is 5.57 Å². The molecule has 0 saturated heterocycles. The van der Waals surface area contributed by atoms with Crippen LogP contribution in [0.5, 0.6) is 0 Å². The van der Waals surface area contributed by atoms with Crippen LogP contribution in [0.1, 0.15) is 68.7 Å². The maximum Gasteiger partial charge on any atom is 0.290 e. The Hall–Kier alpha value is -1.05. The van der Waals surface area contributed by atoms with E-state index in [2.05, 4.69) is 32.1 Å². The summed E-state index contributed by atoms with van der Waals surface area (Å²) in [4.78, 5) is 8.36. The third-order valence-corrected chi connectivity index (χ3v) is 0.956. The maximum atomic E-state index is 8.36. The second-order valence-corrected chi connectivity index (χ2v) is 1.96. The number of allylic oxidation sites excluding steroid dienone is 4. The van der Waals surface area contributed by atoms with Crippen molar-refractivity contribution in [2.24, 2.45) is 0 Å². The molecule has 0 amide bonds. The second kappa shape index (κ2) is 60.2. The van der Waals surface area contributed by atoms with Crippen LogP contribution in [0.4, 0.5) is 0 Å². The normalized spacial score (nSPS) is 7.94. The number of hydrogen-bond acceptors (Lipinski definition) is 1. The molecule has 0 aliphatic heterocycles. The Balaban J connectivity index is -0.0000000448. The second-order valence-electron chi connectivity index (χ2n) is 1.96. The summed E-state index contributed by atoms with van der Waals surface area (Å²) < 4.78 is 0. The number of carboxylic acid groups (broad SMARTS) is 1. The van der Waals surface area contributed by atoms with E-state index < -0.39 is 0 Å². The quantitative estimate of drug-likeness (QED) is 0.501. The van der Waals surface area contributed by atoms with Gasteiger partial charge in [0.1, 0.15) is 0 Å². The van der Waals surface area contributed by atoms with Crippen molar-refractivity contribution in [3.63, 3.8) is 0 Å². The molecule has 0 aliphatic rings. The van der Waals surface area contributed by atoms with Gasteiger partial charge < -0.3 is 5.11 Å². The van der Waals surface area contributed by atoms with Gasteiger partial charge in [-0.15, -0.1) is 0 Å². The van der Waals surface area contributed by atoms with Gasteiger partial charge in [0.15, 0.2) is 0 Å². The molecule has 0 spiro atoms. The summed E-state index contributed by atoms with van der Waals surface area (Å²) in [5.41, 5.74) is 1.36. The van der Waals surface area contributed by atoms with Gasteiger partial charge in [-0.25, -0.2) is 0 Å². The Bertz CT molecular complexity index is 136. The van der Waals surface area contributed by atoms with Gasteiger partial charge in [-0.2, -0.15) is 0 Å². The maximum absolute atomic E-state index is 8.36. The molecule has 0 unspecified atom stereocenters. The molecule has 106 valence electrons. The molecular formula is C15H34O2. The molecule has 1 N–H and O–H groups in total. The average molecular weight is 246 g/mol. The minimum absolute atomic E-state index is 0.250. The average Bonchev–Trinajstić information content (AvgIpc) is 2.38. The van der Waals surface area contributed by atoms with Gasteiger partial charge in [-0.05, 0) is 20.3 Å². The summed E-state index contributed by atoms with van der Waals surface area (Å²) in [5, 5.41) is 6.89. The van der Waals surface area contributed by atoms with Gasteiger partial charge in [0.05, 0.1) is 0 Å². The molecule has 2 nitrogen and oxygen atoms in total. The highest BCUT2D eigenvalue weighted by atomic mass is 16.3. The molecule has 17 heavy (non-hydrogen) atoms. The van der Waals surface area contributed by atoms with Crippen molar-refractivity contribution in [2.45, 2.75) is 68.7 Å². The Morgan fingerprint density at radius 2 is 1.35 bits per heavy atom. The van der Waals surface area contributed by atoms with Crippen molar-refractivity contribution in [3.8, 4) is 0 Å². The smallest absolute Gasteiger partial charge is 0.290 e. The van der Waals surface area contributed by atoms with E-state index in [4.69, 9.17) is 9.90 Å². The van der Waals surface area contributed by atoms with E-state index in [0.29, 0.717) is 0 Å². The predicted octanol–water partition coefficient (Wildman–Crippen LogP) is 5.70. The van der Waals surface area contributed by atoms with Gasteiger partial charge in [0.25, 0.3) is 6.47 Å². The standard InChI is InChI=1S/C8H14.3C2H6.CH2O2/c1-4-6-8(3)7-5-2;3*1-2;2-1-3/h4,6-7H,5H2,1-3H3;3*1-2H3;1H,(H,2,3)/b6-4-,8-7-;;;;.